The van der Waals surface area contributed by atoms with Gasteiger partial charge in [0.25, 0.3) is 11.5 Å². The summed E-state index contributed by atoms with van der Waals surface area (Å²) >= 11 is 0. The van der Waals surface area contributed by atoms with Crippen molar-refractivity contribution < 1.29 is 13.9 Å². The monoisotopic (exact) mass is 402 g/mol. The number of aryl methyl sites for hydroxylation is 1. The molecule has 0 bridgehead atoms. The molecule has 1 unspecified atom stereocenters. The smallest absolute Gasteiger partial charge is 0.255 e. The first kappa shape index (κ1) is 19.7. The van der Waals surface area contributed by atoms with Crippen LogP contribution in [0.25, 0.3) is 10.9 Å². The van der Waals surface area contributed by atoms with Crippen LogP contribution in [0, 0.1) is 18.7 Å². The van der Waals surface area contributed by atoms with E-state index >= 15 is 4.39 Å². The Balaban J connectivity index is 1.89. The number of amides is 1. The molecule has 8 heteroatoms. The van der Waals surface area contributed by atoms with Gasteiger partial charge in [-0.2, -0.15) is 0 Å². The lowest BCUT2D eigenvalue weighted by molar-refractivity contribution is -0.119. The van der Waals surface area contributed by atoms with Gasteiger partial charge in [0.05, 0.1) is 11.2 Å². The van der Waals surface area contributed by atoms with Crippen LogP contribution in [-0.4, -0.2) is 36.2 Å². The van der Waals surface area contributed by atoms with Crippen molar-refractivity contribution in [3.05, 3.63) is 33.9 Å². The van der Waals surface area contributed by atoms with E-state index in [1.54, 1.807) is 4.57 Å². The molecular formula is C21H27FN4O3. The minimum absolute atomic E-state index is 0.0438. The van der Waals surface area contributed by atoms with Crippen LogP contribution in [0.3, 0.4) is 0 Å². The maximum Gasteiger partial charge on any atom is 0.255 e. The molecule has 1 aliphatic carbocycles. The molecule has 1 aromatic heterocycles. The Labute approximate surface area is 168 Å². The van der Waals surface area contributed by atoms with Crippen molar-refractivity contribution in [2.75, 3.05) is 24.6 Å². The molecule has 7 nitrogen and oxygen atoms in total. The van der Waals surface area contributed by atoms with E-state index in [0.29, 0.717) is 34.6 Å². The quantitative estimate of drug-likeness (QED) is 0.767. The second kappa shape index (κ2) is 7.33. The number of aromatic nitrogens is 1. The van der Waals surface area contributed by atoms with Crippen LogP contribution in [0.15, 0.2) is 16.9 Å². The topological polar surface area (TPSA) is 104 Å². The zero-order valence-corrected chi connectivity index (χ0v) is 16.8. The van der Waals surface area contributed by atoms with Gasteiger partial charge in [-0.3, -0.25) is 9.59 Å². The Morgan fingerprint density at radius 3 is 2.66 bits per heavy atom. The van der Waals surface area contributed by atoms with Crippen molar-refractivity contribution in [1.82, 2.24) is 4.57 Å². The second-order valence-corrected chi connectivity index (χ2v) is 8.29. The average molecular weight is 402 g/mol. The normalized spacial score (nSPS) is 20.3. The summed E-state index contributed by atoms with van der Waals surface area (Å²) in [4.78, 5) is 26.0. The van der Waals surface area contributed by atoms with E-state index in [0.717, 1.165) is 25.8 Å². The highest BCUT2D eigenvalue weighted by Crippen LogP contribution is 2.42. The third kappa shape index (κ3) is 3.57. The summed E-state index contributed by atoms with van der Waals surface area (Å²) in [5.74, 6) is -0.535. The zero-order chi connectivity index (χ0) is 20.9. The molecule has 1 aliphatic heterocycles. The molecule has 1 amide bonds. The van der Waals surface area contributed by atoms with Gasteiger partial charge in [0, 0.05) is 36.6 Å². The second-order valence-electron chi connectivity index (χ2n) is 8.29. The number of carbonyl (C=O) groups excluding carboxylic acids is 1. The lowest BCUT2D eigenvalue weighted by atomic mass is 10.0. The molecule has 29 heavy (non-hydrogen) atoms. The average Bonchev–Trinajstić information content (AvgIpc) is 3.36. The van der Waals surface area contributed by atoms with Gasteiger partial charge in [-0.15, -0.1) is 0 Å². The number of fused-ring (bicyclic) bond motifs is 1. The van der Waals surface area contributed by atoms with Crippen LogP contribution in [0.4, 0.5) is 10.1 Å². The Hall–Kier alpha value is -2.61. The number of nitrogens with zero attached hydrogens (tertiary/aromatic N) is 2. The van der Waals surface area contributed by atoms with Gasteiger partial charge in [0.15, 0.2) is 6.61 Å². The van der Waals surface area contributed by atoms with E-state index in [1.165, 1.54) is 12.1 Å². The highest BCUT2D eigenvalue weighted by Gasteiger charge is 2.32. The first-order valence-electron chi connectivity index (χ1n) is 10.1. The Kier molecular flexibility index (Phi) is 4.98. The summed E-state index contributed by atoms with van der Waals surface area (Å²) in [5.41, 5.74) is 12.9. The van der Waals surface area contributed by atoms with Crippen molar-refractivity contribution >= 4 is 22.5 Å². The number of primary amides is 1. The van der Waals surface area contributed by atoms with E-state index in [-0.39, 0.29) is 35.8 Å². The van der Waals surface area contributed by atoms with E-state index in [9.17, 15) is 9.59 Å². The molecule has 0 radical (unpaired) electrons. The minimum atomic E-state index is -0.655. The lowest BCUT2D eigenvalue weighted by Gasteiger charge is -2.25. The molecule has 2 aromatic rings. The third-order valence-corrected chi connectivity index (χ3v) is 6.03. The molecule has 0 spiro atoms. The lowest BCUT2D eigenvalue weighted by Crippen LogP contribution is -2.30. The van der Waals surface area contributed by atoms with Crippen molar-refractivity contribution in [2.45, 2.75) is 45.2 Å². The van der Waals surface area contributed by atoms with E-state index in [2.05, 4.69) is 0 Å². The van der Waals surface area contributed by atoms with Crippen molar-refractivity contribution in [3.63, 3.8) is 0 Å². The van der Waals surface area contributed by atoms with E-state index in [1.807, 2.05) is 18.7 Å². The Morgan fingerprint density at radius 1 is 1.34 bits per heavy atom. The van der Waals surface area contributed by atoms with Crippen molar-refractivity contribution in [1.29, 1.82) is 0 Å². The van der Waals surface area contributed by atoms with Gasteiger partial charge >= 0.3 is 0 Å². The molecule has 2 fully saturated rings. The van der Waals surface area contributed by atoms with Crippen molar-refractivity contribution in [3.8, 4) is 5.75 Å². The van der Waals surface area contributed by atoms with Crippen LogP contribution in [0.5, 0.6) is 5.75 Å². The fourth-order valence-electron chi connectivity index (χ4n) is 4.40. The van der Waals surface area contributed by atoms with Gasteiger partial charge in [-0.25, -0.2) is 4.39 Å². The first-order chi connectivity index (χ1) is 13.8. The number of halogens is 1. The maximum atomic E-state index is 15.3. The van der Waals surface area contributed by atoms with Crippen LogP contribution < -0.4 is 26.7 Å². The number of anilines is 1. The standard InChI is InChI=1S/C21H27FN4O3/c1-11-20-15(7-16(22)21(11)25-6-5-13(9-25)12(2)23)17(29-10-18(24)27)8-19(28)26(20)14-3-4-14/h7-8,12-14H,3-6,9-10,23H2,1-2H3,(H2,24,27)/t12-,13?/m0/s1. The number of nitrogens with two attached hydrogens (primary N) is 2. The molecule has 156 valence electrons. The Morgan fingerprint density at radius 2 is 2.07 bits per heavy atom. The molecule has 2 heterocycles. The summed E-state index contributed by atoms with van der Waals surface area (Å²) in [7, 11) is 0. The minimum Gasteiger partial charge on any atom is -0.483 e. The molecule has 4 rings (SSSR count). The van der Waals surface area contributed by atoms with Crippen LogP contribution in [0.1, 0.15) is 37.8 Å². The summed E-state index contributed by atoms with van der Waals surface area (Å²) in [5, 5.41) is 0.486. The number of ether oxygens (including phenoxy) is 1. The first-order valence-corrected chi connectivity index (χ1v) is 10.1. The number of rotatable bonds is 6. The fourth-order valence-corrected chi connectivity index (χ4v) is 4.40. The fraction of sp³-hybridized carbons (Fsp3) is 0.524. The van der Waals surface area contributed by atoms with E-state index in [4.69, 9.17) is 16.2 Å². The third-order valence-electron chi connectivity index (χ3n) is 6.03. The van der Waals surface area contributed by atoms with Crippen LogP contribution in [-0.2, 0) is 4.79 Å². The van der Waals surface area contributed by atoms with Crippen LogP contribution in [0.2, 0.25) is 0 Å². The molecule has 2 aliphatic rings. The molecule has 1 aromatic carbocycles. The predicted octanol–water partition coefficient (Wildman–Crippen LogP) is 1.82. The number of pyridine rings is 1. The van der Waals surface area contributed by atoms with Gasteiger partial charge < -0.3 is 25.7 Å². The molecule has 4 N–H and O–H groups in total. The van der Waals surface area contributed by atoms with Gasteiger partial charge in [0.2, 0.25) is 0 Å². The number of hydrogen-bond acceptors (Lipinski definition) is 5. The number of carbonyl (C=O) groups is 1. The number of hydrogen-bond donors (Lipinski definition) is 2. The summed E-state index contributed by atoms with van der Waals surface area (Å²) < 4.78 is 22.5. The summed E-state index contributed by atoms with van der Waals surface area (Å²) in [6, 6.07) is 2.89. The molecule has 2 atom stereocenters. The maximum absolute atomic E-state index is 15.3. The van der Waals surface area contributed by atoms with E-state index < -0.39 is 5.91 Å². The molecular weight excluding hydrogens is 375 g/mol. The zero-order valence-electron chi connectivity index (χ0n) is 16.8. The largest absolute Gasteiger partial charge is 0.483 e. The highest BCUT2D eigenvalue weighted by molar-refractivity contribution is 5.92. The Bertz CT molecular complexity index is 1030. The van der Waals surface area contributed by atoms with Crippen molar-refractivity contribution in [2.24, 2.45) is 17.4 Å². The summed E-state index contributed by atoms with van der Waals surface area (Å²) in [6.07, 6.45) is 2.74. The SMILES string of the molecule is Cc1c(N2CCC([C@H](C)N)C2)c(F)cc2c(OCC(N)=O)cc(=O)n(C3CC3)c12. The summed E-state index contributed by atoms with van der Waals surface area (Å²) in [6.45, 7) is 4.86. The van der Waals surface area contributed by atoms with Crippen LogP contribution >= 0.6 is 0 Å². The van der Waals surface area contributed by atoms with Gasteiger partial charge in [0.1, 0.15) is 11.6 Å². The number of benzene rings is 1. The predicted molar refractivity (Wildman–Crippen MR) is 110 cm³/mol. The molecule has 1 saturated carbocycles. The highest BCUT2D eigenvalue weighted by atomic mass is 19.1. The van der Waals surface area contributed by atoms with Gasteiger partial charge in [-0.05, 0) is 50.7 Å². The van der Waals surface area contributed by atoms with Gasteiger partial charge in [-0.1, -0.05) is 0 Å². The molecule has 1 saturated heterocycles.